The number of piperazine rings is 1. The van der Waals surface area contributed by atoms with Crippen molar-refractivity contribution in [3.05, 3.63) is 72.3 Å². The van der Waals surface area contributed by atoms with E-state index in [2.05, 4.69) is 0 Å². The van der Waals surface area contributed by atoms with Gasteiger partial charge in [-0.15, -0.1) is 0 Å². The first-order valence-electron chi connectivity index (χ1n) is 10.1. The van der Waals surface area contributed by atoms with Crippen LogP contribution in [0.25, 0.3) is 10.8 Å². The summed E-state index contributed by atoms with van der Waals surface area (Å²) in [6, 6.07) is 21.1. The lowest BCUT2D eigenvalue weighted by Gasteiger charge is -2.37. The first kappa shape index (κ1) is 18.5. The Balaban J connectivity index is 1.21. The van der Waals surface area contributed by atoms with E-state index in [0.29, 0.717) is 43.2 Å². The fourth-order valence-corrected chi connectivity index (χ4v) is 3.98. The van der Waals surface area contributed by atoms with E-state index in [1.807, 2.05) is 60.7 Å². The van der Waals surface area contributed by atoms with Gasteiger partial charge in [-0.3, -0.25) is 9.59 Å². The smallest absolute Gasteiger partial charge is 0.267 e. The number of ether oxygens (including phenoxy) is 2. The van der Waals surface area contributed by atoms with Gasteiger partial charge in [-0.1, -0.05) is 42.5 Å². The van der Waals surface area contributed by atoms with E-state index in [1.54, 1.807) is 15.9 Å². The lowest BCUT2D eigenvalue weighted by molar-refractivity contribution is -0.142. The van der Waals surface area contributed by atoms with Crippen LogP contribution in [0.2, 0.25) is 0 Å². The molecule has 0 spiro atoms. The average Bonchev–Trinajstić information content (AvgIpc) is 2.82. The third kappa shape index (κ3) is 3.45. The maximum atomic E-state index is 12.9. The molecular formula is C24H22N2O4. The van der Waals surface area contributed by atoms with Crippen LogP contribution in [-0.2, 0) is 4.79 Å². The molecule has 0 unspecified atom stereocenters. The number of benzene rings is 3. The minimum absolute atomic E-state index is 0.000899. The first-order chi connectivity index (χ1) is 14.7. The van der Waals surface area contributed by atoms with Gasteiger partial charge in [0.25, 0.3) is 11.8 Å². The standard InChI is InChI=1S/C24H22N2O4/c27-23(19-10-9-17-5-1-2-6-18(17)15-19)25-11-13-26(14-12-25)24(28)22-16-29-20-7-3-4-8-21(20)30-22/h1-10,15,22H,11-14,16H2/t22-/m1/s1. The first-order valence-corrected chi connectivity index (χ1v) is 10.1. The van der Waals surface area contributed by atoms with Crippen molar-refractivity contribution >= 4 is 22.6 Å². The monoisotopic (exact) mass is 402 g/mol. The zero-order valence-corrected chi connectivity index (χ0v) is 16.5. The van der Waals surface area contributed by atoms with Gasteiger partial charge < -0.3 is 19.3 Å². The summed E-state index contributed by atoms with van der Waals surface area (Å²) in [4.78, 5) is 29.4. The molecule has 0 radical (unpaired) electrons. The van der Waals surface area contributed by atoms with E-state index >= 15 is 0 Å². The molecule has 2 aliphatic rings. The molecule has 5 rings (SSSR count). The maximum absolute atomic E-state index is 12.9. The fraction of sp³-hybridized carbons (Fsp3) is 0.250. The lowest BCUT2D eigenvalue weighted by Crippen LogP contribution is -2.55. The van der Waals surface area contributed by atoms with E-state index in [4.69, 9.17) is 9.47 Å². The van der Waals surface area contributed by atoms with E-state index < -0.39 is 6.10 Å². The van der Waals surface area contributed by atoms with Gasteiger partial charge in [-0.25, -0.2) is 0 Å². The number of hydrogen-bond donors (Lipinski definition) is 0. The molecule has 6 nitrogen and oxygen atoms in total. The molecular weight excluding hydrogens is 380 g/mol. The number of carbonyl (C=O) groups is 2. The van der Waals surface area contributed by atoms with Crippen LogP contribution in [0.4, 0.5) is 0 Å². The van der Waals surface area contributed by atoms with E-state index in [0.717, 1.165) is 10.8 Å². The summed E-state index contributed by atoms with van der Waals surface area (Å²) in [5.74, 6) is 1.15. The second-order valence-corrected chi connectivity index (χ2v) is 7.54. The molecule has 0 bridgehead atoms. The minimum Gasteiger partial charge on any atom is -0.485 e. The van der Waals surface area contributed by atoms with Crippen molar-refractivity contribution in [1.29, 1.82) is 0 Å². The Morgan fingerprint density at radius 1 is 0.767 bits per heavy atom. The Labute approximate surface area is 174 Å². The summed E-state index contributed by atoms with van der Waals surface area (Å²) in [6.07, 6.45) is -0.650. The Hall–Kier alpha value is -3.54. The average molecular weight is 402 g/mol. The normalized spacial score (nSPS) is 18.3. The van der Waals surface area contributed by atoms with Crippen LogP contribution in [0, 0.1) is 0 Å². The van der Waals surface area contributed by atoms with Gasteiger partial charge in [0.05, 0.1) is 0 Å². The Kier molecular flexibility index (Phi) is 4.75. The molecule has 30 heavy (non-hydrogen) atoms. The third-order valence-corrected chi connectivity index (χ3v) is 5.66. The second kappa shape index (κ2) is 7.71. The third-order valence-electron chi connectivity index (χ3n) is 5.66. The van der Waals surface area contributed by atoms with E-state index in [9.17, 15) is 9.59 Å². The zero-order valence-electron chi connectivity index (χ0n) is 16.5. The molecule has 152 valence electrons. The van der Waals surface area contributed by atoms with Gasteiger partial charge in [0.2, 0.25) is 6.10 Å². The molecule has 0 N–H and O–H groups in total. The van der Waals surface area contributed by atoms with Crippen LogP contribution in [0.1, 0.15) is 10.4 Å². The molecule has 2 aliphatic heterocycles. The second-order valence-electron chi connectivity index (χ2n) is 7.54. The number of carbonyl (C=O) groups excluding carboxylic acids is 2. The number of hydrogen-bond acceptors (Lipinski definition) is 4. The SMILES string of the molecule is O=C(c1ccc2ccccc2c1)N1CCN(C(=O)[C@H]2COc3ccccc3O2)CC1. The highest BCUT2D eigenvalue weighted by atomic mass is 16.6. The predicted molar refractivity (Wildman–Crippen MR) is 113 cm³/mol. The van der Waals surface area contributed by atoms with Gasteiger partial charge in [0.1, 0.15) is 6.61 Å². The van der Waals surface area contributed by atoms with E-state index in [1.165, 1.54) is 0 Å². The van der Waals surface area contributed by atoms with Gasteiger partial charge in [-0.2, -0.15) is 0 Å². The van der Waals surface area contributed by atoms with E-state index in [-0.39, 0.29) is 18.4 Å². The van der Waals surface area contributed by atoms with Crippen LogP contribution in [0.15, 0.2) is 66.7 Å². The van der Waals surface area contributed by atoms with Gasteiger partial charge in [0, 0.05) is 31.7 Å². The molecule has 2 heterocycles. The quantitative estimate of drug-likeness (QED) is 0.661. The van der Waals surface area contributed by atoms with Gasteiger partial charge in [0.15, 0.2) is 11.5 Å². The molecule has 0 aromatic heterocycles. The van der Waals surface area contributed by atoms with Crippen LogP contribution in [0.5, 0.6) is 11.5 Å². The Morgan fingerprint density at radius 3 is 2.23 bits per heavy atom. The number of rotatable bonds is 2. The molecule has 1 fully saturated rings. The minimum atomic E-state index is -0.650. The van der Waals surface area contributed by atoms with Crippen LogP contribution >= 0.6 is 0 Å². The molecule has 0 aliphatic carbocycles. The van der Waals surface area contributed by atoms with Gasteiger partial charge >= 0.3 is 0 Å². The molecule has 1 saturated heterocycles. The number of fused-ring (bicyclic) bond motifs is 2. The largest absolute Gasteiger partial charge is 0.485 e. The number of para-hydroxylation sites is 2. The highest BCUT2D eigenvalue weighted by Gasteiger charge is 2.33. The number of amides is 2. The van der Waals surface area contributed by atoms with Gasteiger partial charge in [-0.05, 0) is 35.0 Å². The number of nitrogens with zero attached hydrogens (tertiary/aromatic N) is 2. The van der Waals surface area contributed by atoms with Crippen molar-refractivity contribution < 1.29 is 19.1 Å². The summed E-state index contributed by atoms with van der Waals surface area (Å²) in [5.41, 5.74) is 0.675. The maximum Gasteiger partial charge on any atom is 0.267 e. The van der Waals surface area contributed by atoms with Crippen LogP contribution < -0.4 is 9.47 Å². The topological polar surface area (TPSA) is 59.1 Å². The van der Waals surface area contributed by atoms with Crippen molar-refractivity contribution in [2.24, 2.45) is 0 Å². The Morgan fingerprint density at radius 2 is 1.43 bits per heavy atom. The van der Waals surface area contributed by atoms with Crippen molar-refractivity contribution in [1.82, 2.24) is 9.80 Å². The summed E-state index contributed by atoms with van der Waals surface area (Å²) >= 11 is 0. The summed E-state index contributed by atoms with van der Waals surface area (Å²) in [6.45, 7) is 2.18. The Bertz CT molecular complexity index is 1110. The summed E-state index contributed by atoms with van der Waals surface area (Å²) < 4.78 is 11.5. The van der Waals surface area contributed by atoms with Crippen molar-refractivity contribution in [2.45, 2.75) is 6.10 Å². The molecule has 0 saturated carbocycles. The van der Waals surface area contributed by atoms with Crippen LogP contribution in [0.3, 0.4) is 0 Å². The lowest BCUT2D eigenvalue weighted by atomic mass is 10.1. The van der Waals surface area contributed by atoms with Crippen LogP contribution in [-0.4, -0.2) is 60.5 Å². The molecule has 1 atom stereocenters. The zero-order chi connectivity index (χ0) is 20.5. The fourth-order valence-electron chi connectivity index (χ4n) is 3.98. The molecule has 6 heteroatoms. The summed E-state index contributed by atoms with van der Waals surface area (Å²) in [5, 5.41) is 2.16. The molecule has 3 aromatic rings. The molecule has 2 amide bonds. The summed E-state index contributed by atoms with van der Waals surface area (Å²) in [7, 11) is 0. The highest BCUT2D eigenvalue weighted by Crippen LogP contribution is 2.31. The highest BCUT2D eigenvalue weighted by molar-refractivity contribution is 5.98. The van der Waals surface area contributed by atoms with Crippen molar-refractivity contribution in [3.63, 3.8) is 0 Å². The van der Waals surface area contributed by atoms with Crippen molar-refractivity contribution in [3.8, 4) is 11.5 Å². The predicted octanol–water partition coefficient (Wildman–Crippen LogP) is 2.96. The van der Waals surface area contributed by atoms with Crippen molar-refractivity contribution in [2.75, 3.05) is 32.8 Å². The molecule has 3 aromatic carbocycles.